The van der Waals surface area contributed by atoms with E-state index in [9.17, 15) is 9.59 Å². The van der Waals surface area contributed by atoms with Crippen LogP contribution in [0.1, 0.15) is 47.8 Å². The largest absolute Gasteiger partial charge is 0.352 e. The van der Waals surface area contributed by atoms with Gasteiger partial charge in [-0.25, -0.2) is 0 Å². The zero-order chi connectivity index (χ0) is 19.6. The van der Waals surface area contributed by atoms with E-state index in [-0.39, 0.29) is 11.8 Å². The van der Waals surface area contributed by atoms with Crippen LogP contribution in [0.5, 0.6) is 0 Å². The van der Waals surface area contributed by atoms with E-state index in [1.807, 2.05) is 24.3 Å². The minimum Gasteiger partial charge on any atom is -0.352 e. The van der Waals surface area contributed by atoms with Gasteiger partial charge in [-0.15, -0.1) is 0 Å². The third-order valence-corrected chi connectivity index (χ3v) is 4.60. The molecule has 0 aliphatic heterocycles. The Labute approximate surface area is 161 Å². The van der Waals surface area contributed by atoms with Crippen LogP contribution in [-0.4, -0.2) is 29.8 Å². The summed E-state index contributed by atoms with van der Waals surface area (Å²) in [7, 11) is 0. The maximum absolute atomic E-state index is 12.4. The van der Waals surface area contributed by atoms with Crippen molar-refractivity contribution >= 4 is 11.8 Å². The Morgan fingerprint density at radius 2 is 1.48 bits per heavy atom. The van der Waals surface area contributed by atoms with Gasteiger partial charge in [0.2, 0.25) is 5.91 Å². The molecule has 0 aliphatic rings. The van der Waals surface area contributed by atoms with Crippen LogP contribution in [0.2, 0.25) is 0 Å². The summed E-state index contributed by atoms with van der Waals surface area (Å²) in [5.74, 6) is -0.168. The first kappa shape index (κ1) is 20.6. The molecule has 0 fully saturated rings. The van der Waals surface area contributed by atoms with Crippen LogP contribution >= 0.6 is 0 Å². The predicted octanol–water partition coefficient (Wildman–Crippen LogP) is 3.09. The summed E-state index contributed by atoms with van der Waals surface area (Å²) < 4.78 is 0. The molecule has 0 unspecified atom stereocenters. The third kappa shape index (κ3) is 6.53. The zero-order valence-corrected chi connectivity index (χ0v) is 16.4. The number of nitrogens with zero attached hydrogens (tertiary/aromatic N) is 1. The molecule has 5 heteroatoms. The second-order valence-corrected chi connectivity index (χ2v) is 6.52. The van der Waals surface area contributed by atoms with Crippen molar-refractivity contribution in [3.05, 3.63) is 70.8 Å². The molecule has 0 spiro atoms. The summed E-state index contributed by atoms with van der Waals surface area (Å²) in [4.78, 5) is 25.8. The summed E-state index contributed by atoms with van der Waals surface area (Å²) in [6, 6.07) is 15.5. The predicted molar refractivity (Wildman–Crippen MR) is 108 cm³/mol. The van der Waals surface area contributed by atoms with Gasteiger partial charge in [0.1, 0.15) is 0 Å². The van der Waals surface area contributed by atoms with Gasteiger partial charge in [0.05, 0.1) is 0 Å². The highest BCUT2D eigenvalue weighted by atomic mass is 16.2. The lowest BCUT2D eigenvalue weighted by Crippen LogP contribution is -2.26. The van der Waals surface area contributed by atoms with Crippen molar-refractivity contribution in [2.75, 3.05) is 13.1 Å². The Morgan fingerprint density at radius 3 is 2.07 bits per heavy atom. The standard InChI is InChI=1S/C22H29N3O2/c1-4-25(5-2)16-21-9-7-6-8-20(21)15-24-22(27)19-12-10-18(11-13-19)14-23-17(3)26/h6-13H,4-5,14-16H2,1-3H3,(H,23,26)(H,24,27). The van der Waals surface area contributed by atoms with Crippen LogP contribution in [0.4, 0.5) is 0 Å². The first-order valence-electron chi connectivity index (χ1n) is 9.44. The molecule has 2 amide bonds. The zero-order valence-electron chi connectivity index (χ0n) is 16.4. The van der Waals surface area contributed by atoms with E-state index in [2.05, 4.69) is 41.5 Å². The molecule has 0 atom stereocenters. The molecule has 0 aliphatic carbocycles. The number of nitrogens with one attached hydrogen (secondary N) is 2. The van der Waals surface area contributed by atoms with Crippen LogP contribution < -0.4 is 10.6 Å². The summed E-state index contributed by atoms with van der Waals surface area (Å²) >= 11 is 0. The number of carbonyl (C=O) groups excluding carboxylic acids is 2. The summed E-state index contributed by atoms with van der Waals surface area (Å²) in [5.41, 5.74) is 3.96. The van der Waals surface area contributed by atoms with Crippen LogP contribution in [0.25, 0.3) is 0 Å². The van der Waals surface area contributed by atoms with E-state index in [1.165, 1.54) is 12.5 Å². The lowest BCUT2D eigenvalue weighted by molar-refractivity contribution is -0.119. The molecular formula is C22H29N3O2. The number of benzene rings is 2. The molecule has 5 nitrogen and oxygen atoms in total. The number of carbonyl (C=O) groups is 2. The molecule has 2 N–H and O–H groups in total. The van der Waals surface area contributed by atoms with Gasteiger partial charge >= 0.3 is 0 Å². The second kappa shape index (κ2) is 10.5. The Morgan fingerprint density at radius 1 is 0.852 bits per heavy atom. The first-order valence-corrected chi connectivity index (χ1v) is 9.44. The molecule has 0 heterocycles. The van der Waals surface area contributed by atoms with Crippen molar-refractivity contribution in [3.63, 3.8) is 0 Å². The van der Waals surface area contributed by atoms with Crippen LogP contribution in [0.3, 0.4) is 0 Å². The van der Waals surface area contributed by atoms with E-state index in [0.717, 1.165) is 30.8 Å². The van der Waals surface area contributed by atoms with E-state index >= 15 is 0 Å². The van der Waals surface area contributed by atoms with E-state index in [1.54, 1.807) is 12.1 Å². The van der Waals surface area contributed by atoms with Gasteiger partial charge in [-0.1, -0.05) is 50.2 Å². The molecule has 2 aromatic carbocycles. The number of amides is 2. The van der Waals surface area contributed by atoms with Gasteiger partial charge in [-0.2, -0.15) is 0 Å². The fourth-order valence-electron chi connectivity index (χ4n) is 2.85. The van der Waals surface area contributed by atoms with Gasteiger partial charge in [0.25, 0.3) is 5.91 Å². The number of hydrogen-bond donors (Lipinski definition) is 2. The van der Waals surface area contributed by atoms with Gasteiger partial charge < -0.3 is 10.6 Å². The molecular weight excluding hydrogens is 338 g/mol. The second-order valence-electron chi connectivity index (χ2n) is 6.52. The van der Waals surface area contributed by atoms with Crippen LogP contribution in [-0.2, 0) is 24.4 Å². The monoisotopic (exact) mass is 367 g/mol. The molecule has 0 saturated heterocycles. The third-order valence-electron chi connectivity index (χ3n) is 4.60. The van der Waals surface area contributed by atoms with Crippen molar-refractivity contribution in [3.8, 4) is 0 Å². The molecule has 0 bridgehead atoms. The molecule has 0 saturated carbocycles. The van der Waals surface area contributed by atoms with Crippen molar-refractivity contribution in [1.82, 2.24) is 15.5 Å². The van der Waals surface area contributed by atoms with E-state index < -0.39 is 0 Å². The quantitative estimate of drug-likeness (QED) is 0.716. The first-order chi connectivity index (χ1) is 13.0. The Kier molecular flexibility index (Phi) is 8.01. The maximum Gasteiger partial charge on any atom is 0.251 e. The SMILES string of the molecule is CCN(CC)Cc1ccccc1CNC(=O)c1ccc(CNC(C)=O)cc1. The Hall–Kier alpha value is -2.66. The summed E-state index contributed by atoms with van der Waals surface area (Å²) in [5, 5.41) is 5.75. The fraction of sp³-hybridized carbons (Fsp3) is 0.364. The molecule has 27 heavy (non-hydrogen) atoms. The van der Waals surface area contributed by atoms with Gasteiger partial charge in [0.15, 0.2) is 0 Å². The molecule has 2 rings (SSSR count). The van der Waals surface area contributed by atoms with Crippen LogP contribution in [0.15, 0.2) is 48.5 Å². The fourth-order valence-corrected chi connectivity index (χ4v) is 2.85. The van der Waals surface area contributed by atoms with Crippen molar-refractivity contribution < 1.29 is 9.59 Å². The molecule has 0 radical (unpaired) electrons. The Bertz CT molecular complexity index is 752. The van der Waals surface area contributed by atoms with Crippen molar-refractivity contribution in [2.24, 2.45) is 0 Å². The highest BCUT2D eigenvalue weighted by Crippen LogP contribution is 2.12. The van der Waals surface area contributed by atoms with Gasteiger partial charge in [0, 0.05) is 32.1 Å². The number of hydrogen-bond acceptors (Lipinski definition) is 3. The average molecular weight is 367 g/mol. The molecule has 144 valence electrons. The lowest BCUT2D eigenvalue weighted by atomic mass is 10.1. The Balaban J connectivity index is 1.96. The average Bonchev–Trinajstić information content (AvgIpc) is 2.69. The summed E-state index contributed by atoms with van der Waals surface area (Å²) in [6.07, 6.45) is 0. The highest BCUT2D eigenvalue weighted by molar-refractivity contribution is 5.94. The minimum absolute atomic E-state index is 0.0693. The highest BCUT2D eigenvalue weighted by Gasteiger charge is 2.09. The molecule has 0 aromatic heterocycles. The van der Waals surface area contributed by atoms with E-state index in [0.29, 0.717) is 18.7 Å². The van der Waals surface area contributed by atoms with Gasteiger partial charge in [-0.3, -0.25) is 14.5 Å². The normalized spacial score (nSPS) is 10.7. The van der Waals surface area contributed by atoms with E-state index in [4.69, 9.17) is 0 Å². The van der Waals surface area contributed by atoms with Crippen LogP contribution in [0, 0.1) is 0 Å². The number of rotatable bonds is 9. The maximum atomic E-state index is 12.4. The topological polar surface area (TPSA) is 61.4 Å². The summed E-state index contributed by atoms with van der Waals surface area (Å²) in [6.45, 7) is 9.66. The van der Waals surface area contributed by atoms with Crippen molar-refractivity contribution in [1.29, 1.82) is 0 Å². The van der Waals surface area contributed by atoms with Crippen molar-refractivity contribution in [2.45, 2.75) is 40.4 Å². The minimum atomic E-state index is -0.0984. The molecule has 2 aromatic rings. The lowest BCUT2D eigenvalue weighted by Gasteiger charge is -2.20. The smallest absolute Gasteiger partial charge is 0.251 e. The van der Waals surface area contributed by atoms with Gasteiger partial charge in [-0.05, 0) is 41.9 Å².